The minimum atomic E-state index is -4.75. The molecule has 238 valence electrons. The van der Waals surface area contributed by atoms with Crippen molar-refractivity contribution in [3.8, 4) is 16.8 Å². The number of aromatic nitrogens is 4. The van der Waals surface area contributed by atoms with Crippen molar-refractivity contribution in [3.05, 3.63) is 17.1 Å². The van der Waals surface area contributed by atoms with Crippen LogP contribution in [0.25, 0.3) is 21.6 Å². The maximum absolute atomic E-state index is 13.8. The van der Waals surface area contributed by atoms with Gasteiger partial charge in [-0.15, -0.1) is 10.2 Å². The second-order valence-corrected chi connectivity index (χ2v) is 14.2. The van der Waals surface area contributed by atoms with Crippen LogP contribution in [0.4, 0.5) is 27.6 Å². The summed E-state index contributed by atoms with van der Waals surface area (Å²) < 4.78 is 98.4. The molecule has 3 heterocycles. The van der Waals surface area contributed by atoms with Gasteiger partial charge in [-0.2, -0.15) is 28.3 Å². The molecule has 1 aliphatic carbocycles. The Bertz CT molecular complexity index is 1730. The Labute approximate surface area is 253 Å². The van der Waals surface area contributed by atoms with E-state index in [9.17, 15) is 40.4 Å². The summed E-state index contributed by atoms with van der Waals surface area (Å²) in [6.45, 7) is 5.84. The smallest absolute Gasteiger partial charge is 0.366 e. The maximum Gasteiger partial charge on any atom is 0.408 e. The van der Waals surface area contributed by atoms with Crippen molar-refractivity contribution < 1.29 is 35.2 Å². The number of carbonyl (C=O) groups is 1. The molecule has 11 nitrogen and oxygen atoms in total. The molecule has 1 amide bonds. The molecule has 1 saturated carbocycles. The Morgan fingerprint density at radius 1 is 1.18 bits per heavy atom. The molecule has 1 N–H and O–H groups in total. The zero-order chi connectivity index (χ0) is 32.4. The molecule has 2 atom stereocenters. The lowest BCUT2D eigenvalue weighted by Crippen LogP contribution is -2.59. The molecule has 0 spiro atoms. The van der Waals surface area contributed by atoms with Crippen LogP contribution in [0.2, 0.25) is 0 Å². The number of sulfonamides is 1. The third-order valence-electron chi connectivity index (χ3n) is 7.57. The lowest BCUT2D eigenvalue weighted by molar-refractivity contribution is -0.142. The molecular formula is C26H29F5N8O3S2. The van der Waals surface area contributed by atoms with Crippen LogP contribution in [0.1, 0.15) is 52.0 Å². The second kappa shape index (κ2) is 11.2. The third-order valence-corrected chi connectivity index (χ3v) is 10.0. The minimum Gasteiger partial charge on any atom is -0.366 e. The van der Waals surface area contributed by atoms with Crippen LogP contribution in [0.5, 0.6) is 0 Å². The van der Waals surface area contributed by atoms with Gasteiger partial charge in [0.2, 0.25) is 15.9 Å². The standard InChI is InChI=1S/C26H29F5N8O3S2/c1-13(2)24(40)39-14(3)9-37(10-15(39)4)18-8-16(44(41,42)36-25(11-32)5-6-25)7-17-19(22-33-34-23(43-22)21(27)28)35-38(20(17)18)12-26(29,30)31/h7-8,13-15,21,36H,5-6,9-10,12H2,1-4H3/t14-,15+. The van der Waals surface area contributed by atoms with Gasteiger partial charge in [-0.25, -0.2) is 17.2 Å². The number of amides is 1. The fourth-order valence-corrected chi connectivity index (χ4v) is 7.58. The number of piperazine rings is 1. The van der Waals surface area contributed by atoms with E-state index in [4.69, 9.17) is 0 Å². The third kappa shape index (κ3) is 6.09. The number of nitriles is 1. The Morgan fingerprint density at radius 3 is 2.32 bits per heavy atom. The summed E-state index contributed by atoms with van der Waals surface area (Å²) in [4.78, 5) is 16.0. The fraction of sp³-hybridized carbons (Fsp3) is 0.577. The second-order valence-electron chi connectivity index (χ2n) is 11.5. The first-order valence-corrected chi connectivity index (χ1v) is 16.0. The molecule has 1 saturated heterocycles. The van der Waals surface area contributed by atoms with E-state index in [1.165, 1.54) is 6.07 Å². The molecule has 0 bridgehead atoms. The van der Waals surface area contributed by atoms with Crippen LogP contribution >= 0.6 is 11.3 Å². The molecule has 0 radical (unpaired) electrons. The summed E-state index contributed by atoms with van der Waals surface area (Å²) in [5.41, 5.74) is -1.55. The van der Waals surface area contributed by atoms with Gasteiger partial charge in [0.1, 0.15) is 17.8 Å². The lowest BCUT2D eigenvalue weighted by atomic mass is 10.0. The number of nitrogens with zero attached hydrogens (tertiary/aromatic N) is 7. The normalized spacial score (nSPS) is 20.5. The van der Waals surface area contributed by atoms with Gasteiger partial charge in [-0.1, -0.05) is 25.2 Å². The van der Waals surface area contributed by atoms with Gasteiger partial charge in [0.15, 0.2) is 10.0 Å². The fourth-order valence-electron chi connectivity index (χ4n) is 5.46. The van der Waals surface area contributed by atoms with Crippen LogP contribution < -0.4 is 9.62 Å². The molecule has 44 heavy (non-hydrogen) atoms. The summed E-state index contributed by atoms with van der Waals surface area (Å²) in [7, 11) is -4.39. The molecule has 2 aliphatic rings. The largest absolute Gasteiger partial charge is 0.408 e. The van der Waals surface area contributed by atoms with Crippen molar-refractivity contribution in [2.24, 2.45) is 5.92 Å². The van der Waals surface area contributed by atoms with Crippen LogP contribution in [0.15, 0.2) is 17.0 Å². The first kappa shape index (κ1) is 32.0. The van der Waals surface area contributed by atoms with Crippen LogP contribution in [0, 0.1) is 17.2 Å². The van der Waals surface area contributed by atoms with E-state index in [1.54, 1.807) is 37.5 Å². The van der Waals surface area contributed by atoms with E-state index < -0.39 is 51.8 Å². The Kier molecular flexibility index (Phi) is 8.12. The first-order chi connectivity index (χ1) is 20.4. The van der Waals surface area contributed by atoms with Gasteiger partial charge in [-0.05, 0) is 38.8 Å². The first-order valence-electron chi connectivity index (χ1n) is 13.7. The highest BCUT2D eigenvalue weighted by Gasteiger charge is 2.47. The molecule has 3 aromatic rings. The highest BCUT2D eigenvalue weighted by molar-refractivity contribution is 7.89. The molecule has 0 unspecified atom stereocenters. The number of rotatable bonds is 8. The molecular weight excluding hydrogens is 631 g/mol. The van der Waals surface area contributed by atoms with Crippen molar-refractivity contribution in [3.63, 3.8) is 0 Å². The van der Waals surface area contributed by atoms with Gasteiger partial charge >= 0.3 is 6.18 Å². The van der Waals surface area contributed by atoms with E-state index in [-0.39, 0.29) is 69.9 Å². The van der Waals surface area contributed by atoms with Crippen molar-refractivity contribution in [1.82, 2.24) is 29.6 Å². The summed E-state index contributed by atoms with van der Waals surface area (Å²) in [6.07, 6.45) is -7.17. The number of alkyl halides is 5. The van der Waals surface area contributed by atoms with Crippen LogP contribution in [0.3, 0.4) is 0 Å². The quantitative estimate of drug-likeness (QED) is 0.350. The zero-order valence-electron chi connectivity index (χ0n) is 24.1. The van der Waals surface area contributed by atoms with E-state index in [1.807, 2.05) is 6.07 Å². The topological polar surface area (TPSA) is 137 Å². The number of fused-ring (bicyclic) bond motifs is 1. The van der Waals surface area contributed by atoms with E-state index in [0.717, 1.165) is 6.07 Å². The highest BCUT2D eigenvalue weighted by Crippen LogP contribution is 2.42. The average Bonchev–Trinajstić information content (AvgIpc) is 3.34. The SMILES string of the molecule is CC(C)C(=O)N1[C@H](C)CN(c2cc(S(=O)(=O)NC3(C#N)CC3)cc3c(-c4nnc(C(F)F)s4)nn(CC(F)(F)F)c23)C[C@@H]1C. The summed E-state index contributed by atoms with van der Waals surface area (Å²) >= 11 is 0.430. The van der Waals surface area contributed by atoms with Gasteiger partial charge in [0, 0.05) is 36.5 Å². The summed E-state index contributed by atoms with van der Waals surface area (Å²) in [6, 6.07) is 3.48. The van der Waals surface area contributed by atoms with Crippen LogP contribution in [-0.4, -0.2) is 76.1 Å². The van der Waals surface area contributed by atoms with Crippen molar-refractivity contribution in [2.75, 3.05) is 18.0 Å². The Balaban J connectivity index is 1.74. The van der Waals surface area contributed by atoms with Gasteiger partial charge in [-0.3, -0.25) is 9.48 Å². The number of carbonyl (C=O) groups excluding carboxylic acids is 1. The maximum atomic E-state index is 13.8. The van der Waals surface area contributed by atoms with E-state index in [2.05, 4.69) is 20.0 Å². The van der Waals surface area contributed by atoms with E-state index >= 15 is 0 Å². The van der Waals surface area contributed by atoms with Gasteiger partial charge < -0.3 is 9.80 Å². The number of anilines is 1. The summed E-state index contributed by atoms with van der Waals surface area (Å²) in [5, 5.41) is 19.8. The van der Waals surface area contributed by atoms with Crippen molar-refractivity contribution in [2.45, 2.75) is 82.2 Å². The summed E-state index contributed by atoms with van der Waals surface area (Å²) in [5.74, 6) is -0.398. The van der Waals surface area contributed by atoms with E-state index in [0.29, 0.717) is 16.0 Å². The Hall–Kier alpha value is -3.43. The molecule has 2 aromatic heterocycles. The number of benzene rings is 1. The number of nitrogens with one attached hydrogen (secondary N) is 1. The number of hydrogen-bond donors (Lipinski definition) is 1. The molecule has 18 heteroatoms. The zero-order valence-corrected chi connectivity index (χ0v) is 25.7. The van der Waals surface area contributed by atoms with Crippen molar-refractivity contribution in [1.29, 1.82) is 5.26 Å². The van der Waals surface area contributed by atoms with Crippen molar-refractivity contribution >= 4 is 43.9 Å². The molecule has 5 rings (SSSR count). The lowest BCUT2D eigenvalue weighted by Gasteiger charge is -2.46. The minimum absolute atomic E-state index is 0.0770. The van der Waals surface area contributed by atoms with Gasteiger partial charge in [0.25, 0.3) is 6.43 Å². The molecule has 2 fully saturated rings. The average molecular weight is 661 g/mol. The number of hydrogen-bond acceptors (Lipinski definition) is 9. The predicted octanol–water partition coefficient (Wildman–Crippen LogP) is 4.47. The van der Waals surface area contributed by atoms with Gasteiger partial charge in [0.05, 0.1) is 22.2 Å². The number of halogens is 5. The van der Waals surface area contributed by atoms with Crippen LogP contribution in [-0.2, 0) is 21.4 Å². The molecule has 1 aliphatic heterocycles. The Morgan fingerprint density at radius 2 is 1.82 bits per heavy atom. The highest BCUT2D eigenvalue weighted by atomic mass is 32.2. The predicted molar refractivity (Wildman–Crippen MR) is 150 cm³/mol. The molecule has 1 aromatic carbocycles. The monoisotopic (exact) mass is 660 g/mol.